The van der Waals surface area contributed by atoms with Crippen molar-refractivity contribution in [2.45, 2.75) is 6.92 Å². The first-order chi connectivity index (χ1) is 7.54. The van der Waals surface area contributed by atoms with E-state index in [4.69, 9.17) is 0 Å². The van der Waals surface area contributed by atoms with E-state index >= 15 is 0 Å². The van der Waals surface area contributed by atoms with Crippen LogP contribution in [0.25, 0.3) is 0 Å². The predicted octanol–water partition coefficient (Wildman–Crippen LogP) is 1.19. The molecule has 1 aromatic heterocycles. The van der Waals surface area contributed by atoms with Crippen LogP contribution in [0.1, 0.15) is 5.56 Å². The molecule has 0 aliphatic rings. The van der Waals surface area contributed by atoms with Crippen molar-refractivity contribution in [3.05, 3.63) is 23.9 Å². The van der Waals surface area contributed by atoms with Crippen LogP contribution in [0.2, 0.25) is 0 Å². The number of nitrogens with zero attached hydrogens (tertiary/aromatic N) is 2. The number of rotatable bonds is 1. The fraction of sp³-hybridized carbons (Fsp3) is 0.300. The SMILES string of the molecule is CNC(=O)N(C)C(=O)Nc1ccc(C)cn1. The van der Waals surface area contributed by atoms with E-state index in [9.17, 15) is 9.59 Å². The molecule has 0 aliphatic carbocycles. The standard InChI is InChI=1S/C10H14N4O2/c1-7-4-5-8(12-6-7)13-10(16)14(3)9(15)11-2/h4-6H,1-3H3,(H,11,15)(H,12,13,16). The molecule has 0 atom stereocenters. The van der Waals surface area contributed by atoms with E-state index in [0.717, 1.165) is 10.5 Å². The van der Waals surface area contributed by atoms with Crippen LogP contribution in [0, 0.1) is 6.92 Å². The Labute approximate surface area is 93.7 Å². The van der Waals surface area contributed by atoms with Gasteiger partial charge in [-0.1, -0.05) is 6.07 Å². The van der Waals surface area contributed by atoms with Crippen molar-refractivity contribution in [2.24, 2.45) is 0 Å². The second-order valence-electron chi connectivity index (χ2n) is 3.27. The van der Waals surface area contributed by atoms with Gasteiger partial charge in [-0.15, -0.1) is 0 Å². The van der Waals surface area contributed by atoms with Crippen molar-refractivity contribution in [3.8, 4) is 0 Å². The molecule has 86 valence electrons. The van der Waals surface area contributed by atoms with Crippen molar-refractivity contribution >= 4 is 17.9 Å². The molecule has 1 rings (SSSR count). The Morgan fingerprint density at radius 2 is 2.00 bits per heavy atom. The van der Waals surface area contributed by atoms with E-state index in [1.807, 2.05) is 13.0 Å². The topological polar surface area (TPSA) is 74.3 Å². The lowest BCUT2D eigenvalue weighted by molar-refractivity contribution is 0.203. The number of imide groups is 1. The van der Waals surface area contributed by atoms with Crippen molar-refractivity contribution in [1.82, 2.24) is 15.2 Å². The summed E-state index contributed by atoms with van der Waals surface area (Å²) in [6, 6.07) is 2.48. The first-order valence-corrected chi connectivity index (χ1v) is 4.73. The summed E-state index contributed by atoms with van der Waals surface area (Å²) in [5.41, 5.74) is 0.998. The Kier molecular flexibility index (Phi) is 3.82. The minimum absolute atomic E-state index is 0.409. The lowest BCUT2D eigenvalue weighted by Gasteiger charge is -2.14. The number of carbonyl (C=O) groups excluding carboxylic acids is 2. The monoisotopic (exact) mass is 222 g/mol. The van der Waals surface area contributed by atoms with Crippen LogP contribution in [-0.2, 0) is 0 Å². The molecule has 0 bridgehead atoms. The molecular formula is C10H14N4O2. The zero-order chi connectivity index (χ0) is 12.1. The molecule has 0 saturated heterocycles. The summed E-state index contributed by atoms with van der Waals surface area (Å²) in [5.74, 6) is 0.409. The quantitative estimate of drug-likeness (QED) is 0.749. The molecule has 1 aromatic rings. The number of pyridine rings is 1. The Morgan fingerprint density at radius 1 is 1.31 bits per heavy atom. The molecule has 0 radical (unpaired) electrons. The van der Waals surface area contributed by atoms with E-state index in [1.165, 1.54) is 14.1 Å². The normalized spacial score (nSPS) is 9.44. The maximum Gasteiger partial charge on any atom is 0.330 e. The third-order valence-electron chi connectivity index (χ3n) is 1.97. The van der Waals surface area contributed by atoms with Crippen LogP contribution < -0.4 is 10.6 Å². The van der Waals surface area contributed by atoms with Gasteiger partial charge in [0.25, 0.3) is 0 Å². The number of urea groups is 2. The summed E-state index contributed by atoms with van der Waals surface area (Å²) in [5, 5.41) is 4.85. The molecule has 4 amide bonds. The zero-order valence-electron chi connectivity index (χ0n) is 9.44. The van der Waals surface area contributed by atoms with Crippen LogP contribution in [0.15, 0.2) is 18.3 Å². The largest absolute Gasteiger partial charge is 0.341 e. The highest BCUT2D eigenvalue weighted by atomic mass is 16.2. The van der Waals surface area contributed by atoms with Crippen LogP contribution in [0.3, 0.4) is 0 Å². The first kappa shape index (κ1) is 12.0. The first-order valence-electron chi connectivity index (χ1n) is 4.73. The van der Waals surface area contributed by atoms with Gasteiger partial charge in [-0.2, -0.15) is 0 Å². The van der Waals surface area contributed by atoms with Gasteiger partial charge in [0.15, 0.2) is 0 Å². The van der Waals surface area contributed by atoms with Crippen LogP contribution in [0.4, 0.5) is 15.4 Å². The molecule has 0 aliphatic heterocycles. The molecule has 0 unspecified atom stereocenters. The van der Waals surface area contributed by atoms with Crippen molar-refractivity contribution in [1.29, 1.82) is 0 Å². The highest BCUT2D eigenvalue weighted by Gasteiger charge is 2.15. The molecule has 0 fully saturated rings. The summed E-state index contributed by atoms with van der Waals surface area (Å²) in [7, 11) is 2.83. The molecule has 6 heteroatoms. The molecule has 1 heterocycles. The molecule has 0 spiro atoms. The number of aromatic nitrogens is 1. The zero-order valence-corrected chi connectivity index (χ0v) is 9.44. The van der Waals surface area contributed by atoms with Gasteiger partial charge in [-0.3, -0.25) is 5.32 Å². The van der Waals surface area contributed by atoms with Gasteiger partial charge in [0.1, 0.15) is 5.82 Å². The van der Waals surface area contributed by atoms with E-state index in [-0.39, 0.29) is 0 Å². The van der Waals surface area contributed by atoms with Gasteiger partial charge < -0.3 is 5.32 Å². The second-order valence-corrected chi connectivity index (χ2v) is 3.27. The number of hydrogen-bond donors (Lipinski definition) is 2. The van der Waals surface area contributed by atoms with Gasteiger partial charge in [0, 0.05) is 20.3 Å². The summed E-state index contributed by atoms with van der Waals surface area (Å²) in [4.78, 5) is 27.6. The van der Waals surface area contributed by atoms with E-state index in [0.29, 0.717) is 5.82 Å². The number of carbonyl (C=O) groups is 2. The minimum atomic E-state index is -0.532. The number of aryl methyl sites for hydroxylation is 1. The summed E-state index contributed by atoms with van der Waals surface area (Å²) in [6.07, 6.45) is 1.63. The van der Waals surface area contributed by atoms with Crippen LogP contribution >= 0.6 is 0 Å². The lowest BCUT2D eigenvalue weighted by atomic mass is 10.3. The van der Waals surface area contributed by atoms with Gasteiger partial charge in [-0.05, 0) is 18.6 Å². The average molecular weight is 222 g/mol. The minimum Gasteiger partial charge on any atom is -0.341 e. The van der Waals surface area contributed by atoms with E-state index in [1.54, 1.807) is 12.3 Å². The summed E-state index contributed by atoms with van der Waals surface area (Å²) < 4.78 is 0. The lowest BCUT2D eigenvalue weighted by Crippen LogP contribution is -2.41. The van der Waals surface area contributed by atoms with Crippen molar-refractivity contribution in [2.75, 3.05) is 19.4 Å². The predicted molar refractivity (Wildman–Crippen MR) is 60.2 cm³/mol. The van der Waals surface area contributed by atoms with Crippen molar-refractivity contribution in [3.63, 3.8) is 0 Å². The highest BCUT2D eigenvalue weighted by molar-refractivity contribution is 5.99. The molecule has 0 saturated carbocycles. The van der Waals surface area contributed by atoms with E-state index in [2.05, 4.69) is 15.6 Å². The number of nitrogens with one attached hydrogen (secondary N) is 2. The Morgan fingerprint density at radius 3 is 2.50 bits per heavy atom. The summed E-state index contributed by atoms with van der Waals surface area (Å²) in [6.45, 7) is 1.90. The maximum atomic E-state index is 11.5. The molecule has 16 heavy (non-hydrogen) atoms. The van der Waals surface area contributed by atoms with Crippen LogP contribution in [0.5, 0.6) is 0 Å². The number of hydrogen-bond acceptors (Lipinski definition) is 3. The molecule has 6 nitrogen and oxygen atoms in total. The molecular weight excluding hydrogens is 208 g/mol. The third kappa shape index (κ3) is 2.94. The van der Waals surface area contributed by atoms with Crippen LogP contribution in [-0.4, -0.2) is 36.0 Å². The molecule has 2 N–H and O–H groups in total. The Balaban J connectivity index is 2.64. The highest BCUT2D eigenvalue weighted by Crippen LogP contribution is 2.04. The smallest absolute Gasteiger partial charge is 0.330 e. The fourth-order valence-electron chi connectivity index (χ4n) is 0.995. The second kappa shape index (κ2) is 5.11. The van der Waals surface area contributed by atoms with Gasteiger partial charge in [0.05, 0.1) is 0 Å². The Hall–Kier alpha value is -2.11. The third-order valence-corrected chi connectivity index (χ3v) is 1.97. The maximum absolute atomic E-state index is 11.5. The fourth-order valence-corrected chi connectivity index (χ4v) is 0.995. The van der Waals surface area contributed by atoms with Gasteiger partial charge >= 0.3 is 12.1 Å². The summed E-state index contributed by atoms with van der Waals surface area (Å²) >= 11 is 0. The Bertz CT molecular complexity index is 388. The van der Waals surface area contributed by atoms with Crippen molar-refractivity contribution < 1.29 is 9.59 Å². The number of anilines is 1. The van der Waals surface area contributed by atoms with E-state index < -0.39 is 12.1 Å². The molecule has 0 aromatic carbocycles. The average Bonchev–Trinajstić information content (AvgIpc) is 2.30. The van der Waals surface area contributed by atoms with Gasteiger partial charge in [-0.25, -0.2) is 19.5 Å². The van der Waals surface area contributed by atoms with Gasteiger partial charge in [0.2, 0.25) is 0 Å². The number of amides is 4.